The van der Waals surface area contributed by atoms with Gasteiger partial charge in [-0.1, -0.05) is 42.0 Å². The number of rotatable bonds is 7. The van der Waals surface area contributed by atoms with Crippen molar-refractivity contribution in [3.05, 3.63) is 71.8 Å². The van der Waals surface area contributed by atoms with Crippen LogP contribution in [-0.2, 0) is 9.59 Å². The van der Waals surface area contributed by atoms with Crippen molar-refractivity contribution in [3.8, 4) is 5.75 Å². The number of esters is 1. The summed E-state index contributed by atoms with van der Waals surface area (Å²) >= 11 is 0. The quantitative estimate of drug-likeness (QED) is 0.314. The van der Waals surface area contributed by atoms with Gasteiger partial charge in [0, 0.05) is 18.8 Å². The van der Waals surface area contributed by atoms with Gasteiger partial charge in [-0.15, -0.1) is 6.58 Å². The molecule has 0 radical (unpaired) electrons. The van der Waals surface area contributed by atoms with Gasteiger partial charge in [-0.3, -0.25) is 19.4 Å². The Morgan fingerprint density at radius 2 is 1.77 bits per heavy atom. The summed E-state index contributed by atoms with van der Waals surface area (Å²) in [6.07, 6.45) is 1.28. The average molecular weight is 483 g/mol. The van der Waals surface area contributed by atoms with Crippen molar-refractivity contribution in [2.75, 3.05) is 18.0 Å². The van der Waals surface area contributed by atoms with E-state index in [0.717, 1.165) is 10.5 Å². The number of alkyl halides is 2. The first-order valence-corrected chi connectivity index (χ1v) is 11.5. The Morgan fingerprint density at radius 1 is 1.14 bits per heavy atom. The smallest absolute Gasteiger partial charge is 0.331 e. The number of carbonyl (C=O) groups excluding carboxylic acids is 3. The summed E-state index contributed by atoms with van der Waals surface area (Å²) in [6, 6.07) is 11.9. The van der Waals surface area contributed by atoms with Gasteiger partial charge in [-0.25, -0.2) is 13.6 Å². The van der Waals surface area contributed by atoms with Crippen LogP contribution < -0.4 is 9.64 Å². The lowest BCUT2D eigenvalue weighted by molar-refractivity contribution is -0.138. The summed E-state index contributed by atoms with van der Waals surface area (Å²) in [5.74, 6) is -9.56. The number of aryl methyl sites for hydroxylation is 3. The van der Waals surface area contributed by atoms with Crippen molar-refractivity contribution in [1.82, 2.24) is 4.90 Å². The third kappa shape index (κ3) is 4.45. The molecule has 184 valence electrons. The van der Waals surface area contributed by atoms with E-state index in [-0.39, 0.29) is 25.3 Å². The van der Waals surface area contributed by atoms with Crippen molar-refractivity contribution < 1.29 is 27.9 Å². The van der Waals surface area contributed by atoms with E-state index in [9.17, 15) is 23.2 Å². The molecule has 0 N–H and O–H groups in total. The van der Waals surface area contributed by atoms with Crippen LogP contribution in [0.15, 0.2) is 55.1 Å². The molecular formula is C27H28F2N2O4. The lowest BCUT2D eigenvalue weighted by Crippen LogP contribution is -2.41. The van der Waals surface area contributed by atoms with Crippen molar-refractivity contribution in [2.24, 2.45) is 17.8 Å². The molecule has 3 atom stereocenters. The van der Waals surface area contributed by atoms with Gasteiger partial charge in [-0.05, 0) is 50.5 Å². The highest BCUT2D eigenvalue weighted by atomic mass is 19.3. The zero-order chi connectivity index (χ0) is 25.5. The van der Waals surface area contributed by atoms with Crippen LogP contribution in [0.1, 0.15) is 23.1 Å². The first-order chi connectivity index (χ1) is 16.6. The van der Waals surface area contributed by atoms with Crippen LogP contribution in [0.3, 0.4) is 0 Å². The SMILES string of the molecule is C=CCC(C(=O)N1CCN(c2ccccc2)C1=O)C1C(C(=O)Oc2c(C)cc(C)cc2C)C1(F)F. The highest BCUT2D eigenvalue weighted by molar-refractivity contribution is 6.05. The number of carbonyl (C=O) groups is 3. The number of urea groups is 1. The van der Waals surface area contributed by atoms with Gasteiger partial charge in [0.05, 0.1) is 11.8 Å². The topological polar surface area (TPSA) is 66.9 Å². The Labute approximate surface area is 203 Å². The standard InChI is InChI=1S/C27H28F2N2O4/c1-5-9-20(24(32)31-13-12-30(26(31)34)19-10-7-6-8-11-19)21-22(27(21,28)29)25(33)35-23-17(3)14-16(2)15-18(23)4/h5-8,10-11,14-15,20-22H,1,9,12-13H2,2-4H3. The molecule has 1 aliphatic heterocycles. The fourth-order valence-corrected chi connectivity index (χ4v) is 5.02. The number of halogens is 2. The Morgan fingerprint density at radius 3 is 2.37 bits per heavy atom. The van der Waals surface area contributed by atoms with Crippen LogP contribution in [0, 0.1) is 38.5 Å². The van der Waals surface area contributed by atoms with Crippen molar-refractivity contribution in [1.29, 1.82) is 0 Å². The van der Waals surface area contributed by atoms with Gasteiger partial charge in [0.2, 0.25) is 5.91 Å². The minimum Gasteiger partial charge on any atom is -0.426 e. The minimum absolute atomic E-state index is 0.0787. The molecule has 3 amide bonds. The number of allylic oxidation sites excluding steroid dienone is 1. The maximum absolute atomic E-state index is 14.9. The summed E-state index contributed by atoms with van der Waals surface area (Å²) in [5, 5.41) is 0. The predicted molar refractivity (Wildman–Crippen MR) is 127 cm³/mol. The third-order valence-electron chi connectivity index (χ3n) is 6.68. The number of nitrogens with zero attached hydrogens (tertiary/aromatic N) is 2. The molecule has 6 nitrogen and oxygen atoms in total. The molecule has 2 aromatic rings. The van der Waals surface area contributed by atoms with E-state index in [4.69, 9.17) is 4.74 Å². The van der Waals surface area contributed by atoms with E-state index in [2.05, 4.69) is 6.58 Å². The van der Waals surface area contributed by atoms with Gasteiger partial charge >= 0.3 is 12.0 Å². The maximum atomic E-state index is 14.9. The van der Waals surface area contributed by atoms with Gasteiger partial charge in [0.25, 0.3) is 5.92 Å². The lowest BCUT2D eigenvalue weighted by atomic mass is 9.96. The summed E-state index contributed by atoms with van der Waals surface area (Å²) in [4.78, 5) is 41.5. The van der Waals surface area contributed by atoms with E-state index in [1.807, 2.05) is 6.92 Å². The first kappa shape index (κ1) is 24.6. The number of benzene rings is 2. The summed E-state index contributed by atoms with van der Waals surface area (Å²) in [7, 11) is 0. The molecule has 2 fully saturated rings. The number of hydrogen-bond donors (Lipinski definition) is 0. The maximum Gasteiger partial charge on any atom is 0.331 e. The number of amides is 3. The lowest BCUT2D eigenvalue weighted by Gasteiger charge is -2.22. The van der Waals surface area contributed by atoms with Gasteiger partial charge < -0.3 is 4.74 Å². The fraction of sp³-hybridized carbons (Fsp3) is 0.370. The van der Waals surface area contributed by atoms with Crippen LogP contribution in [0.2, 0.25) is 0 Å². The number of anilines is 1. The summed E-state index contributed by atoms with van der Waals surface area (Å²) in [5.41, 5.74) is 2.92. The second-order valence-electron chi connectivity index (χ2n) is 9.22. The van der Waals surface area contributed by atoms with E-state index < -0.39 is 41.6 Å². The Bertz CT molecular complexity index is 1160. The van der Waals surface area contributed by atoms with Crippen molar-refractivity contribution in [2.45, 2.75) is 33.1 Å². The number of hydrogen-bond acceptors (Lipinski definition) is 4. The zero-order valence-corrected chi connectivity index (χ0v) is 20.0. The highest BCUT2D eigenvalue weighted by Gasteiger charge is 2.76. The zero-order valence-electron chi connectivity index (χ0n) is 20.0. The number of imide groups is 1. The summed E-state index contributed by atoms with van der Waals surface area (Å²) < 4.78 is 35.3. The molecule has 0 bridgehead atoms. The fourth-order valence-electron chi connectivity index (χ4n) is 5.02. The minimum atomic E-state index is -3.42. The molecule has 2 aliphatic rings. The largest absolute Gasteiger partial charge is 0.426 e. The molecular weight excluding hydrogens is 454 g/mol. The molecule has 1 saturated carbocycles. The molecule has 1 heterocycles. The molecule has 0 spiro atoms. The third-order valence-corrected chi connectivity index (χ3v) is 6.68. The van der Waals surface area contributed by atoms with Crippen LogP contribution >= 0.6 is 0 Å². The van der Waals surface area contributed by atoms with Crippen LogP contribution in [0.25, 0.3) is 0 Å². The van der Waals surface area contributed by atoms with E-state index in [1.54, 1.807) is 56.3 Å². The molecule has 35 heavy (non-hydrogen) atoms. The molecule has 1 saturated heterocycles. The monoisotopic (exact) mass is 482 g/mol. The van der Waals surface area contributed by atoms with Crippen LogP contribution in [0.5, 0.6) is 5.75 Å². The predicted octanol–water partition coefficient (Wildman–Crippen LogP) is 5.06. The normalized spacial score (nSPS) is 21.6. The van der Waals surface area contributed by atoms with Crippen molar-refractivity contribution in [3.63, 3.8) is 0 Å². The number of ether oxygens (including phenoxy) is 1. The Balaban J connectivity index is 1.53. The van der Waals surface area contributed by atoms with Crippen LogP contribution in [-0.4, -0.2) is 41.8 Å². The Hall–Kier alpha value is -3.55. The highest BCUT2D eigenvalue weighted by Crippen LogP contribution is 2.60. The van der Waals surface area contributed by atoms with Crippen molar-refractivity contribution >= 4 is 23.6 Å². The van der Waals surface area contributed by atoms with Gasteiger partial charge in [0.15, 0.2) is 0 Å². The van der Waals surface area contributed by atoms with E-state index >= 15 is 0 Å². The number of para-hydroxylation sites is 1. The molecule has 4 rings (SSSR count). The van der Waals surface area contributed by atoms with Gasteiger partial charge in [-0.2, -0.15) is 0 Å². The van der Waals surface area contributed by atoms with E-state index in [0.29, 0.717) is 16.8 Å². The molecule has 3 unspecified atom stereocenters. The molecule has 0 aromatic heterocycles. The summed E-state index contributed by atoms with van der Waals surface area (Å²) in [6.45, 7) is 9.30. The molecule has 8 heteroatoms. The van der Waals surface area contributed by atoms with E-state index in [1.165, 1.54) is 11.0 Å². The second kappa shape index (κ2) is 9.24. The van der Waals surface area contributed by atoms with Gasteiger partial charge in [0.1, 0.15) is 11.7 Å². The average Bonchev–Trinajstić information content (AvgIpc) is 3.16. The van der Waals surface area contributed by atoms with Crippen LogP contribution in [0.4, 0.5) is 19.3 Å². The Kier molecular flexibility index (Phi) is 6.49. The first-order valence-electron chi connectivity index (χ1n) is 11.5. The molecule has 2 aromatic carbocycles. The molecule has 1 aliphatic carbocycles. The second-order valence-corrected chi connectivity index (χ2v) is 9.22.